The third kappa shape index (κ3) is 4.94. The molecule has 0 aromatic heterocycles. The number of rotatable bonds is 6. The molecule has 0 fully saturated rings. The Morgan fingerprint density at radius 1 is 1.06 bits per heavy atom. The zero-order chi connectivity index (χ0) is 23.6. The molecule has 0 saturated carbocycles. The molecule has 3 aromatic carbocycles. The summed E-state index contributed by atoms with van der Waals surface area (Å²) < 4.78 is 34.2. The van der Waals surface area contributed by atoms with Crippen LogP contribution in [0.2, 0.25) is 0 Å². The van der Waals surface area contributed by atoms with Gasteiger partial charge >= 0.3 is 5.97 Å². The number of carboxylic acid groups (broad SMARTS) is 1. The first-order valence-electron chi connectivity index (χ1n) is 10.9. The molecule has 0 bridgehead atoms. The van der Waals surface area contributed by atoms with Crippen molar-refractivity contribution in [3.05, 3.63) is 95.1 Å². The van der Waals surface area contributed by atoms with Gasteiger partial charge in [-0.15, -0.1) is 0 Å². The van der Waals surface area contributed by atoms with E-state index in [4.69, 9.17) is 4.74 Å². The lowest BCUT2D eigenvalue weighted by molar-refractivity contribution is -0.137. The van der Waals surface area contributed by atoms with E-state index in [2.05, 4.69) is 0 Å². The molecule has 0 aliphatic carbocycles. The molecule has 1 heterocycles. The van der Waals surface area contributed by atoms with Gasteiger partial charge in [0.15, 0.2) is 0 Å². The number of fused-ring (bicyclic) bond motifs is 1. The van der Waals surface area contributed by atoms with Crippen LogP contribution in [0.1, 0.15) is 41.5 Å². The largest absolute Gasteiger partial charge is 0.488 e. The molecule has 1 N–H and O–H groups in total. The first-order valence-corrected chi connectivity index (χ1v) is 12.3. The summed E-state index contributed by atoms with van der Waals surface area (Å²) >= 11 is 0. The van der Waals surface area contributed by atoms with E-state index in [-0.39, 0.29) is 36.4 Å². The number of nitrogens with zero attached hydrogens (tertiary/aromatic N) is 1. The highest BCUT2D eigenvalue weighted by Crippen LogP contribution is 2.33. The second-order valence-corrected chi connectivity index (χ2v) is 10.3. The number of hydrogen-bond acceptors (Lipinski definition) is 4. The number of hydrogen-bond donors (Lipinski definition) is 1. The number of sulfonamides is 1. The van der Waals surface area contributed by atoms with Crippen LogP contribution in [0.3, 0.4) is 0 Å². The monoisotopic (exact) mass is 465 g/mol. The Morgan fingerprint density at radius 3 is 2.48 bits per heavy atom. The van der Waals surface area contributed by atoms with E-state index in [9.17, 15) is 18.3 Å². The lowest BCUT2D eigenvalue weighted by Gasteiger charge is -2.24. The third-order valence-electron chi connectivity index (χ3n) is 5.96. The summed E-state index contributed by atoms with van der Waals surface area (Å²) in [5.41, 5.74) is 3.55. The summed E-state index contributed by atoms with van der Waals surface area (Å²) in [5.74, 6) is -0.848. The predicted molar refractivity (Wildman–Crippen MR) is 126 cm³/mol. The maximum atomic E-state index is 13.4. The minimum Gasteiger partial charge on any atom is -0.488 e. The molecular weight excluding hydrogens is 438 g/mol. The topological polar surface area (TPSA) is 83.9 Å². The number of ether oxygens (including phenoxy) is 1. The molecule has 3 aromatic rings. The van der Waals surface area contributed by atoms with Gasteiger partial charge in [-0.25, -0.2) is 8.42 Å². The van der Waals surface area contributed by atoms with Crippen LogP contribution in [0.15, 0.2) is 77.7 Å². The lowest BCUT2D eigenvalue weighted by Crippen LogP contribution is -2.35. The first-order chi connectivity index (χ1) is 15.8. The van der Waals surface area contributed by atoms with E-state index < -0.39 is 16.0 Å². The highest BCUT2D eigenvalue weighted by Gasteiger charge is 2.33. The van der Waals surface area contributed by atoms with Gasteiger partial charge in [0.2, 0.25) is 10.0 Å². The summed E-state index contributed by atoms with van der Waals surface area (Å²) in [6.45, 7) is 4.19. The van der Waals surface area contributed by atoms with Crippen LogP contribution >= 0.6 is 0 Å². The fourth-order valence-corrected chi connectivity index (χ4v) is 5.86. The maximum Gasteiger partial charge on any atom is 0.304 e. The molecule has 4 rings (SSSR count). The fourth-order valence-electron chi connectivity index (χ4n) is 4.24. The van der Waals surface area contributed by atoms with Gasteiger partial charge in [0, 0.05) is 12.5 Å². The summed E-state index contributed by atoms with van der Waals surface area (Å²) in [6.07, 6.45) is -0.358. The van der Waals surface area contributed by atoms with E-state index >= 15 is 0 Å². The molecule has 0 spiro atoms. The van der Waals surface area contributed by atoms with Crippen molar-refractivity contribution < 1.29 is 23.1 Å². The molecule has 2 atom stereocenters. The minimum atomic E-state index is -3.76. The maximum absolute atomic E-state index is 13.4. The quantitative estimate of drug-likeness (QED) is 0.576. The molecule has 172 valence electrons. The van der Waals surface area contributed by atoms with Crippen molar-refractivity contribution in [1.82, 2.24) is 4.31 Å². The van der Waals surface area contributed by atoms with E-state index in [1.165, 1.54) is 4.31 Å². The van der Waals surface area contributed by atoms with Gasteiger partial charge in [-0.2, -0.15) is 4.31 Å². The van der Waals surface area contributed by atoms with Crippen molar-refractivity contribution in [3.8, 4) is 5.75 Å². The Hall–Kier alpha value is -3.16. The van der Waals surface area contributed by atoms with Crippen LogP contribution in [-0.4, -0.2) is 36.4 Å². The summed E-state index contributed by atoms with van der Waals surface area (Å²) in [6, 6.07) is 22.0. The summed E-state index contributed by atoms with van der Waals surface area (Å²) in [4.78, 5) is 11.8. The number of carbonyl (C=O) groups is 1. The second-order valence-electron chi connectivity index (χ2n) is 8.42. The van der Waals surface area contributed by atoms with Crippen LogP contribution in [-0.2, 0) is 21.4 Å². The highest BCUT2D eigenvalue weighted by molar-refractivity contribution is 7.89. The Labute approximate surface area is 194 Å². The Bertz CT molecular complexity index is 1260. The molecule has 0 amide bonds. The third-order valence-corrected chi connectivity index (χ3v) is 7.81. The number of carboxylic acids is 1. The number of aryl methyl sites for hydroxylation is 1. The van der Waals surface area contributed by atoms with Gasteiger partial charge in [-0.1, -0.05) is 60.7 Å². The number of para-hydroxylation sites is 1. The van der Waals surface area contributed by atoms with Crippen molar-refractivity contribution >= 4 is 16.0 Å². The summed E-state index contributed by atoms with van der Waals surface area (Å²) in [5, 5.41) is 9.51. The summed E-state index contributed by atoms with van der Waals surface area (Å²) in [7, 11) is -3.76. The number of benzene rings is 3. The molecule has 1 unspecified atom stereocenters. The Kier molecular flexibility index (Phi) is 6.54. The van der Waals surface area contributed by atoms with Crippen LogP contribution < -0.4 is 4.74 Å². The van der Waals surface area contributed by atoms with E-state index in [0.29, 0.717) is 5.75 Å². The SMILES string of the molecule is Cc1ccc(C(CC(=O)O)c2ccccc2)cc1CN1C[C@@H](C)Oc2ccccc2S1(=O)=O. The lowest BCUT2D eigenvalue weighted by atomic mass is 9.87. The molecule has 6 nitrogen and oxygen atoms in total. The first kappa shape index (κ1) is 23.0. The molecule has 33 heavy (non-hydrogen) atoms. The van der Waals surface area contributed by atoms with Gasteiger partial charge in [0.1, 0.15) is 16.7 Å². The zero-order valence-electron chi connectivity index (χ0n) is 18.6. The van der Waals surface area contributed by atoms with Gasteiger partial charge in [-0.05, 0) is 48.2 Å². The second kappa shape index (κ2) is 9.37. The van der Waals surface area contributed by atoms with E-state index in [1.54, 1.807) is 24.3 Å². The van der Waals surface area contributed by atoms with Crippen LogP contribution in [0.4, 0.5) is 0 Å². The van der Waals surface area contributed by atoms with Gasteiger partial charge in [0.25, 0.3) is 0 Å². The van der Waals surface area contributed by atoms with Crippen molar-refractivity contribution in [2.75, 3.05) is 6.54 Å². The molecule has 0 radical (unpaired) electrons. The smallest absolute Gasteiger partial charge is 0.304 e. The molecule has 1 aliphatic heterocycles. The van der Waals surface area contributed by atoms with Crippen LogP contribution in [0, 0.1) is 6.92 Å². The zero-order valence-corrected chi connectivity index (χ0v) is 19.5. The highest BCUT2D eigenvalue weighted by atomic mass is 32.2. The molecule has 7 heteroatoms. The van der Waals surface area contributed by atoms with Gasteiger partial charge in [-0.3, -0.25) is 4.79 Å². The van der Waals surface area contributed by atoms with Crippen LogP contribution in [0.25, 0.3) is 0 Å². The van der Waals surface area contributed by atoms with Gasteiger partial charge in [0.05, 0.1) is 13.0 Å². The minimum absolute atomic E-state index is 0.0488. The van der Waals surface area contributed by atoms with Crippen molar-refractivity contribution in [3.63, 3.8) is 0 Å². The van der Waals surface area contributed by atoms with E-state index in [0.717, 1.165) is 22.3 Å². The van der Waals surface area contributed by atoms with Gasteiger partial charge < -0.3 is 9.84 Å². The van der Waals surface area contributed by atoms with Crippen LogP contribution in [0.5, 0.6) is 5.75 Å². The average molecular weight is 466 g/mol. The Morgan fingerprint density at radius 2 is 1.76 bits per heavy atom. The van der Waals surface area contributed by atoms with Crippen molar-refractivity contribution in [1.29, 1.82) is 0 Å². The Balaban J connectivity index is 1.72. The number of aliphatic carboxylic acids is 1. The van der Waals surface area contributed by atoms with E-state index in [1.807, 2.05) is 62.4 Å². The molecule has 0 saturated heterocycles. The molecule has 1 aliphatic rings. The average Bonchev–Trinajstić information content (AvgIpc) is 2.88. The predicted octanol–water partition coefficient (Wildman–Crippen LogP) is 4.57. The standard InChI is InChI=1S/C26H27NO5S/c1-18-12-13-21(23(15-26(28)29)20-8-4-3-5-9-20)14-22(18)17-27-16-19(2)32-24-10-6-7-11-25(24)33(27,30)31/h3-14,19,23H,15-17H2,1-2H3,(H,28,29)/t19-,23?/m1/s1. The van der Waals surface area contributed by atoms with Crippen molar-refractivity contribution in [2.45, 2.75) is 43.7 Å². The van der Waals surface area contributed by atoms with Crippen molar-refractivity contribution in [2.24, 2.45) is 0 Å². The normalized spacial score (nSPS) is 18.5. The fraction of sp³-hybridized carbons (Fsp3) is 0.269. The molecular formula is C26H27NO5S.